The molecule has 1 aromatic rings. The number of halogens is 1. The van der Waals surface area contributed by atoms with Crippen molar-refractivity contribution in [1.29, 1.82) is 0 Å². The SMILES string of the molecule is CC(N)Cc1ccc(N(C)CC2CC2C)c(Br)c1. The summed E-state index contributed by atoms with van der Waals surface area (Å²) >= 11 is 3.68. The number of hydrogen-bond donors (Lipinski definition) is 1. The molecule has 3 unspecified atom stereocenters. The fourth-order valence-electron chi connectivity index (χ4n) is 2.46. The lowest BCUT2D eigenvalue weighted by Crippen LogP contribution is -2.21. The Bertz CT molecular complexity index is 417. The molecule has 100 valence electrons. The molecule has 0 bridgehead atoms. The lowest BCUT2D eigenvalue weighted by atomic mass is 10.1. The standard InChI is InChI=1S/C15H23BrN2/c1-10-6-13(10)9-18(3)15-5-4-12(7-11(2)17)8-14(15)16/h4-5,8,10-11,13H,6-7,9,17H2,1-3H3. The van der Waals surface area contributed by atoms with Gasteiger partial charge in [0.2, 0.25) is 0 Å². The largest absolute Gasteiger partial charge is 0.373 e. The van der Waals surface area contributed by atoms with E-state index in [-0.39, 0.29) is 6.04 Å². The molecule has 1 aliphatic carbocycles. The monoisotopic (exact) mass is 310 g/mol. The Balaban J connectivity index is 2.04. The van der Waals surface area contributed by atoms with E-state index in [2.05, 4.69) is 53.0 Å². The molecule has 3 heteroatoms. The summed E-state index contributed by atoms with van der Waals surface area (Å²) < 4.78 is 1.18. The second-order valence-electron chi connectivity index (χ2n) is 5.82. The van der Waals surface area contributed by atoms with Gasteiger partial charge in [-0.2, -0.15) is 0 Å². The quantitative estimate of drug-likeness (QED) is 0.903. The number of hydrogen-bond acceptors (Lipinski definition) is 2. The third-order valence-corrected chi connectivity index (χ3v) is 4.40. The van der Waals surface area contributed by atoms with Crippen LogP contribution in [0.3, 0.4) is 0 Å². The van der Waals surface area contributed by atoms with Gasteiger partial charge < -0.3 is 10.6 Å². The van der Waals surface area contributed by atoms with Gasteiger partial charge in [-0.3, -0.25) is 0 Å². The molecule has 2 nitrogen and oxygen atoms in total. The van der Waals surface area contributed by atoms with Crippen molar-refractivity contribution in [3.8, 4) is 0 Å². The van der Waals surface area contributed by atoms with Gasteiger partial charge in [-0.15, -0.1) is 0 Å². The topological polar surface area (TPSA) is 29.3 Å². The number of anilines is 1. The first kappa shape index (κ1) is 13.9. The number of rotatable bonds is 5. The van der Waals surface area contributed by atoms with E-state index in [1.807, 2.05) is 6.92 Å². The van der Waals surface area contributed by atoms with Crippen molar-refractivity contribution in [3.05, 3.63) is 28.2 Å². The van der Waals surface area contributed by atoms with Gasteiger partial charge in [0.1, 0.15) is 0 Å². The molecule has 1 fully saturated rings. The molecule has 0 aliphatic heterocycles. The first-order valence-electron chi connectivity index (χ1n) is 6.72. The van der Waals surface area contributed by atoms with E-state index in [0.717, 1.165) is 24.8 Å². The summed E-state index contributed by atoms with van der Waals surface area (Å²) in [5.41, 5.74) is 8.42. The van der Waals surface area contributed by atoms with Crippen molar-refractivity contribution in [2.24, 2.45) is 17.6 Å². The Morgan fingerprint density at radius 1 is 1.50 bits per heavy atom. The normalized spacial score (nSPS) is 23.8. The predicted molar refractivity (Wildman–Crippen MR) is 82.0 cm³/mol. The van der Waals surface area contributed by atoms with Crippen molar-refractivity contribution < 1.29 is 0 Å². The van der Waals surface area contributed by atoms with Crippen LogP contribution in [0.2, 0.25) is 0 Å². The Morgan fingerprint density at radius 3 is 2.67 bits per heavy atom. The van der Waals surface area contributed by atoms with Crippen LogP contribution < -0.4 is 10.6 Å². The average molecular weight is 311 g/mol. The third-order valence-electron chi connectivity index (χ3n) is 3.77. The van der Waals surface area contributed by atoms with E-state index >= 15 is 0 Å². The second-order valence-corrected chi connectivity index (χ2v) is 6.68. The molecule has 2 N–H and O–H groups in total. The fourth-order valence-corrected chi connectivity index (χ4v) is 3.19. The average Bonchev–Trinajstić information content (AvgIpc) is 2.92. The van der Waals surface area contributed by atoms with E-state index in [4.69, 9.17) is 5.73 Å². The van der Waals surface area contributed by atoms with Crippen LogP contribution in [0.15, 0.2) is 22.7 Å². The molecular weight excluding hydrogens is 288 g/mol. The highest BCUT2D eigenvalue weighted by Gasteiger charge is 2.33. The molecule has 0 heterocycles. The van der Waals surface area contributed by atoms with Crippen molar-refractivity contribution in [1.82, 2.24) is 0 Å². The first-order valence-corrected chi connectivity index (χ1v) is 7.51. The van der Waals surface area contributed by atoms with Crippen LogP contribution in [0, 0.1) is 11.8 Å². The van der Waals surface area contributed by atoms with Crippen LogP contribution in [-0.4, -0.2) is 19.6 Å². The Labute approximate surface area is 119 Å². The molecular formula is C15H23BrN2. The van der Waals surface area contributed by atoms with E-state index < -0.39 is 0 Å². The third kappa shape index (κ3) is 3.48. The van der Waals surface area contributed by atoms with Crippen molar-refractivity contribution in [2.75, 3.05) is 18.5 Å². The maximum atomic E-state index is 5.84. The lowest BCUT2D eigenvalue weighted by Gasteiger charge is -2.21. The molecule has 0 aromatic heterocycles. The Kier molecular flexibility index (Phi) is 4.33. The summed E-state index contributed by atoms with van der Waals surface area (Å²) in [6, 6.07) is 6.81. The zero-order valence-electron chi connectivity index (χ0n) is 11.5. The van der Waals surface area contributed by atoms with Gasteiger partial charge in [-0.1, -0.05) is 13.0 Å². The molecule has 1 aromatic carbocycles. The van der Waals surface area contributed by atoms with Gasteiger partial charge in [0.15, 0.2) is 0 Å². The van der Waals surface area contributed by atoms with E-state index in [9.17, 15) is 0 Å². The molecule has 1 aliphatic rings. The van der Waals surface area contributed by atoms with Crippen molar-refractivity contribution >= 4 is 21.6 Å². The van der Waals surface area contributed by atoms with Crippen molar-refractivity contribution in [3.63, 3.8) is 0 Å². The summed E-state index contributed by atoms with van der Waals surface area (Å²) in [6.45, 7) is 5.54. The number of benzene rings is 1. The summed E-state index contributed by atoms with van der Waals surface area (Å²) in [6.07, 6.45) is 2.31. The maximum Gasteiger partial charge on any atom is 0.0508 e. The second kappa shape index (κ2) is 5.62. The zero-order valence-corrected chi connectivity index (χ0v) is 13.1. The van der Waals surface area contributed by atoms with E-state index in [0.29, 0.717) is 0 Å². The van der Waals surface area contributed by atoms with E-state index in [1.54, 1.807) is 0 Å². The smallest absolute Gasteiger partial charge is 0.0508 e. The van der Waals surface area contributed by atoms with Crippen LogP contribution in [0.1, 0.15) is 25.8 Å². The molecule has 3 atom stereocenters. The van der Waals surface area contributed by atoms with Gasteiger partial charge in [-0.05, 0) is 65.2 Å². The lowest BCUT2D eigenvalue weighted by molar-refractivity contribution is 0.722. The van der Waals surface area contributed by atoms with Gasteiger partial charge in [0.05, 0.1) is 5.69 Å². The minimum Gasteiger partial charge on any atom is -0.373 e. The molecule has 0 amide bonds. The Hall–Kier alpha value is -0.540. The highest BCUT2D eigenvalue weighted by Crippen LogP contribution is 2.39. The van der Waals surface area contributed by atoms with Gasteiger partial charge in [-0.25, -0.2) is 0 Å². The highest BCUT2D eigenvalue weighted by molar-refractivity contribution is 9.10. The van der Waals surface area contributed by atoms with Gasteiger partial charge in [0.25, 0.3) is 0 Å². The van der Waals surface area contributed by atoms with Crippen LogP contribution in [0.5, 0.6) is 0 Å². The van der Waals surface area contributed by atoms with Crippen LogP contribution in [0.4, 0.5) is 5.69 Å². The van der Waals surface area contributed by atoms with Crippen LogP contribution in [0.25, 0.3) is 0 Å². The van der Waals surface area contributed by atoms with Gasteiger partial charge in [0, 0.05) is 24.1 Å². The number of nitrogens with zero attached hydrogens (tertiary/aromatic N) is 1. The highest BCUT2D eigenvalue weighted by atomic mass is 79.9. The molecule has 2 rings (SSSR count). The predicted octanol–water partition coefficient (Wildman–Crippen LogP) is 3.43. The molecule has 1 saturated carbocycles. The van der Waals surface area contributed by atoms with Crippen molar-refractivity contribution in [2.45, 2.75) is 32.7 Å². The summed E-state index contributed by atoms with van der Waals surface area (Å²) in [5.74, 6) is 1.79. The summed E-state index contributed by atoms with van der Waals surface area (Å²) in [7, 11) is 2.18. The minimum absolute atomic E-state index is 0.216. The molecule has 0 radical (unpaired) electrons. The zero-order chi connectivity index (χ0) is 13.3. The molecule has 18 heavy (non-hydrogen) atoms. The van der Waals surface area contributed by atoms with Crippen LogP contribution >= 0.6 is 15.9 Å². The van der Waals surface area contributed by atoms with Gasteiger partial charge >= 0.3 is 0 Å². The van der Waals surface area contributed by atoms with Crippen LogP contribution in [-0.2, 0) is 6.42 Å². The Morgan fingerprint density at radius 2 is 2.17 bits per heavy atom. The molecule has 0 saturated heterocycles. The fraction of sp³-hybridized carbons (Fsp3) is 0.600. The van der Waals surface area contributed by atoms with E-state index in [1.165, 1.54) is 22.1 Å². The maximum absolute atomic E-state index is 5.84. The first-order chi connectivity index (χ1) is 8.47. The summed E-state index contributed by atoms with van der Waals surface area (Å²) in [5, 5.41) is 0. The minimum atomic E-state index is 0.216. The molecule has 0 spiro atoms. The summed E-state index contributed by atoms with van der Waals surface area (Å²) in [4.78, 5) is 2.36. The number of nitrogens with two attached hydrogens (primary N) is 1.